The van der Waals surface area contributed by atoms with E-state index >= 15 is 0 Å². The number of methoxy groups -OCH3 is 1. The molecule has 2 N–H and O–H groups in total. The van der Waals surface area contributed by atoms with Gasteiger partial charge in [0.05, 0.1) is 29.1 Å². The van der Waals surface area contributed by atoms with Gasteiger partial charge in [0.15, 0.2) is 0 Å². The Hall–Kier alpha value is -1.79. The third-order valence-corrected chi connectivity index (χ3v) is 3.85. The van der Waals surface area contributed by atoms with Gasteiger partial charge in [-0.25, -0.2) is 0 Å². The highest BCUT2D eigenvalue weighted by Crippen LogP contribution is 2.25. The first-order valence-corrected chi connectivity index (χ1v) is 7.64. The topological polar surface area (TPSA) is 84.5 Å². The molecule has 0 aliphatic rings. The van der Waals surface area contributed by atoms with E-state index in [2.05, 4.69) is 15.4 Å². The molecule has 0 radical (unpaired) electrons. The number of nitrogens with one attached hydrogen (secondary N) is 2. The van der Waals surface area contributed by atoms with Crippen LogP contribution in [0.3, 0.4) is 0 Å². The normalized spacial score (nSPS) is 12.9. The number of benzene rings is 1. The summed E-state index contributed by atoms with van der Waals surface area (Å²) in [6, 6.07) is 3.44. The van der Waals surface area contributed by atoms with E-state index in [1.807, 2.05) is 0 Å². The van der Waals surface area contributed by atoms with E-state index < -0.39 is 29.9 Å². The molecule has 1 rings (SSSR count). The fraction of sp³-hybridized carbons (Fsp3) is 0.400. The van der Waals surface area contributed by atoms with Gasteiger partial charge in [-0.15, -0.1) is 0 Å². The molecule has 0 saturated heterocycles. The van der Waals surface area contributed by atoms with Crippen molar-refractivity contribution in [3.63, 3.8) is 0 Å². The zero-order chi connectivity index (χ0) is 17.6. The quantitative estimate of drug-likeness (QED) is 0.761. The molecule has 0 heterocycles. The first-order valence-electron chi connectivity index (χ1n) is 6.88. The van der Waals surface area contributed by atoms with Crippen molar-refractivity contribution in [1.29, 1.82) is 0 Å². The Bertz CT molecular complexity index is 607. The summed E-state index contributed by atoms with van der Waals surface area (Å²) < 4.78 is 4.52. The maximum Gasteiger partial charge on any atom is 0.307 e. The summed E-state index contributed by atoms with van der Waals surface area (Å²) in [7, 11) is 1.27. The summed E-state index contributed by atoms with van der Waals surface area (Å²) in [6.07, 6.45) is 0.0447. The van der Waals surface area contributed by atoms with Crippen molar-refractivity contribution in [2.75, 3.05) is 7.11 Å². The van der Waals surface area contributed by atoms with E-state index in [0.717, 1.165) is 0 Å². The Morgan fingerprint density at radius 1 is 1.17 bits per heavy atom. The van der Waals surface area contributed by atoms with Crippen molar-refractivity contribution in [3.8, 4) is 0 Å². The molecule has 2 unspecified atom stereocenters. The highest BCUT2D eigenvalue weighted by Gasteiger charge is 2.21. The summed E-state index contributed by atoms with van der Waals surface area (Å²) in [5, 5.41) is 5.52. The zero-order valence-corrected chi connectivity index (χ0v) is 14.5. The van der Waals surface area contributed by atoms with Crippen LogP contribution in [0.15, 0.2) is 18.2 Å². The number of ether oxygens (including phenoxy) is 1. The van der Waals surface area contributed by atoms with E-state index in [9.17, 15) is 14.4 Å². The molecular weight excluding hydrogens is 343 g/mol. The standard InChI is InChI=1S/C15H18Cl2N2O4/c1-8(7-12(20)23-3)18-14(21)9(2)19-15(22)10-5-4-6-11(16)13(10)17/h4-6,8-9H,7H2,1-3H3,(H,18,21)(H,19,22). The Labute approximate surface area is 144 Å². The number of carbonyl (C=O) groups is 3. The summed E-state index contributed by atoms with van der Waals surface area (Å²) >= 11 is 11.8. The van der Waals surface area contributed by atoms with Crippen LogP contribution in [0.1, 0.15) is 30.6 Å². The third-order valence-electron chi connectivity index (χ3n) is 3.03. The van der Waals surface area contributed by atoms with Crippen LogP contribution in [-0.2, 0) is 14.3 Å². The molecule has 0 aliphatic carbocycles. The highest BCUT2D eigenvalue weighted by molar-refractivity contribution is 6.43. The lowest BCUT2D eigenvalue weighted by atomic mass is 10.2. The van der Waals surface area contributed by atoms with Crippen molar-refractivity contribution in [2.45, 2.75) is 32.4 Å². The number of halogens is 2. The van der Waals surface area contributed by atoms with Crippen molar-refractivity contribution in [3.05, 3.63) is 33.8 Å². The SMILES string of the molecule is COC(=O)CC(C)NC(=O)C(C)NC(=O)c1cccc(Cl)c1Cl. The Morgan fingerprint density at radius 3 is 2.43 bits per heavy atom. The Kier molecular flexibility index (Phi) is 7.32. The Morgan fingerprint density at radius 2 is 1.83 bits per heavy atom. The minimum atomic E-state index is -0.808. The molecule has 2 atom stereocenters. The lowest BCUT2D eigenvalue weighted by molar-refractivity contribution is -0.141. The van der Waals surface area contributed by atoms with Crippen LogP contribution in [0.25, 0.3) is 0 Å². The molecule has 0 fully saturated rings. The van der Waals surface area contributed by atoms with Gasteiger partial charge in [0, 0.05) is 6.04 Å². The second-order valence-electron chi connectivity index (χ2n) is 4.99. The fourth-order valence-electron chi connectivity index (χ4n) is 1.77. The second kappa shape index (κ2) is 8.74. The number of rotatable bonds is 6. The number of hydrogen-bond donors (Lipinski definition) is 2. The van der Waals surface area contributed by atoms with Crippen LogP contribution in [0.5, 0.6) is 0 Å². The van der Waals surface area contributed by atoms with Gasteiger partial charge in [0.25, 0.3) is 5.91 Å². The third kappa shape index (κ3) is 5.73. The lowest BCUT2D eigenvalue weighted by Gasteiger charge is -2.18. The largest absolute Gasteiger partial charge is 0.469 e. The second-order valence-corrected chi connectivity index (χ2v) is 5.77. The van der Waals surface area contributed by atoms with Gasteiger partial charge in [-0.3, -0.25) is 14.4 Å². The first kappa shape index (κ1) is 19.3. The van der Waals surface area contributed by atoms with Crippen molar-refractivity contribution >= 4 is 41.0 Å². The van der Waals surface area contributed by atoms with Crippen LogP contribution in [-0.4, -0.2) is 37.0 Å². The predicted molar refractivity (Wildman–Crippen MR) is 87.6 cm³/mol. The summed E-state index contributed by atoms with van der Waals surface area (Å²) in [5.74, 6) is -1.37. The Balaban J connectivity index is 2.62. The lowest BCUT2D eigenvalue weighted by Crippen LogP contribution is -2.47. The highest BCUT2D eigenvalue weighted by atomic mass is 35.5. The van der Waals surface area contributed by atoms with Crippen LogP contribution < -0.4 is 10.6 Å². The van der Waals surface area contributed by atoms with Crippen LogP contribution >= 0.6 is 23.2 Å². The van der Waals surface area contributed by atoms with Crippen LogP contribution in [0.2, 0.25) is 10.0 Å². The molecule has 126 valence electrons. The smallest absolute Gasteiger partial charge is 0.307 e. The average Bonchev–Trinajstić information content (AvgIpc) is 2.49. The number of hydrogen-bond acceptors (Lipinski definition) is 4. The molecule has 0 aromatic heterocycles. The molecule has 1 aromatic rings. The minimum Gasteiger partial charge on any atom is -0.469 e. The molecule has 23 heavy (non-hydrogen) atoms. The van der Waals surface area contributed by atoms with Crippen LogP contribution in [0.4, 0.5) is 0 Å². The molecular formula is C15H18Cl2N2O4. The van der Waals surface area contributed by atoms with Gasteiger partial charge in [0.1, 0.15) is 6.04 Å². The monoisotopic (exact) mass is 360 g/mol. The molecule has 6 nitrogen and oxygen atoms in total. The van der Waals surface area contributed by atoms with Gasteiger partial charge in [0.2, 0.25) is 5.91 Å². The molecule has 1 aromatic carbocycles. The number of esters is 1. The van der Waals surface area contributed by atoms with Gasteiger partial charge >= 0.3 is 5.97 Å². The average molecular weight is 361 g/mol. The molecule has 0 bridgehead atoms. The van der Waals surface area contributed by atoms with E-state index in [-0.39, 0.29) is 22.0 Å². The van der Waals surface area contributed by atoms with Gasteiger partial charge in [-0.1, -0.05) is 29.3 Å². The van der Waals surface area contributed by atoms with Crippen molar-refractivity contribution in [2.24, 2.45) is 0 Å². The van der Waals surface area contributed by atoms with Gasteiger partial charge in [-0.05, 0) is 26.0 Å². The summed E-state index contributed by atoms with van der Waals surface area (Å²) in [6.45, 7) is 3.19. The minimum absolute atomic E-state index is 0.0447. The fourth-order valence-corrected chi connectivity index (χ4v) is 2.16. The number of amides is 2. The van der Waals surface area contributed by atoms with Gasteiger partial charge < -0.3 is 15.4 Å². The van der Waals surface area contributed by atoms with Gasteiger partial charge in [-0.2, -0.15) is 0 Å². The van der Waals surface area contributed by atoms with E-state index in [1.165, 1.54) is 20.1 Å². The van der Waals surface area contributed by atoms with Crippen LogP contribution in [0, 0.1) is 0 Å². The van der Waals surface area contributed by atoms with E-state index in [1.54, 1.807) is 19.1 Å². The molecule has 0 saturated carbocycles. The first-order chi connectivity index (χ1) is 10.8. The van der Waals surface area contributed by atoms with Crippen molar-refractivity contribution in [1.82, 2.24) is 10.6 Å². The predicted octanol–water partition coefficient (Wildman–Crippen LogP) is 2.18. The molecule has 0 aliphatic heterocycles. The molecule has 0 spiro atoms. The summed E-state index contributed by atoms with van der Waals surface area (Å²) in [5.41, 5.74) is 0.182. The molecule has 8 heteroatoms. The zero-order valence-electron chi connectivity index (χ0n) is 13.0. The van der Waals surface area contributed by atoms with Crippen molar-refractivity contribution < 1.29 is 19.1 Å². The maximum atomic E-state index is 12.1. The molecule has 2 amide bonds. The van der Waals surface area contributed by atoms with E-state index in [4.69, 9.17) is 23.2 Å². The number of carbonyl (C=O) groups excluding carboxylic acids is 3. The summed E-state index contributed by atoms with van der Waals surface area (Å²) in [4.78, 5) is 35.3. The maximum absolute atomic E-state index is 12.1. The van der Waals surface area contributed by atoms with E-state index in [0.29, 0.717) is 0 Å².